The molecular formula is C15H22N2O3. The molecule has 2 atom stereocenters. The Morgan fingerprint density at radius 1 is 1.45 bits per heavy atom. The van der Waals surface area contributed by atoms with Gasteiger partial charge in [-0.2, -0.15) is 0 Å². The van der Waals surface area contributed by atoms with Gasteiger partial charge in [0.25, 0.3) is 5.91 Å². The van der Waals surface area contributed by atoms with Crippen LogP contribution in [0.2, 0.25) is 0 Å². The molecule has 4 N–H and O–H groups in total. The molecule has 1 amide bonds. The highest BCUT2D eigenvalue weighted by atomic mass is 16.3. The second-order valence-corrected chi connectivity index (χ2v) is 5.56. The Morgan fingerprint density at radius 3 is 2.65 bits per heavy atom. The summed E-state index contributed by atoms with van der Waals surface area (Å²) in [6.45, 7) is 2.42. The average Bonchev–Trinajstić information content (AvgIpc) is 3.25. The minimum atomic E-state index is -1.42. The van der Waals surface area contributed by atoms with Crippen LogP contribution < -0.4 is 10.6 Å². The number of rotatable bonds is 7. The average molecular weight is 278 g/mol. The number of carbonyl (C=O) groups is 1. The molecule has 0 unspecified atom stereocenters. The van der Waals surface area contributed by atoms with E-state index in [0.29, 0.717) is 12.8 Å². The number of aliphatic hydroxyl groups is 2. The minimum absolute atomic E-state index is 0.109. The first-order valence-electron chi connectivity index (χ1n) is 6.92. The maximum atomic E-state index is 11.8. The molecular weight excluding hydrogens is 256 g/mol. The molecule has 110 valence electrons. The van der Waals surface area contributed by atoms with Gasteiger partial charge in [-0.15, -0.1) is 0 Å². The lowest BCUT2D eigenvalue weighted by Gasteiger charge is -2.24. The summed E-state index contributed by atoms with van der Waals surface area (Å²) in [5, 5.41) is 24.8. The Hall–Kier alpha value is -1.43. The third-order valence-corrected chi connectivity index (χ3v) is 3.86. The molecule has 1 aliphatic rings. The molecule has 1 aromatic carbocycles. The molecule has 1 heterocycles. The first kappa shape index (κ1) is 15.0. The Balaban J connectivity index is 1.93. The number of hydrogen-bond acceptors (Lipinski definition) is 4. The van der Waals surface area contributed by atoms with Crippen LogP contribution in [0.15, 0.2) is 30.3 Å². The highest BCUT2D eigenvalue weighted by Gasteiger charge is 2.45. The normalized spacial score (nSPS) is 23.9. The monoisotopic (exact) mass is 278 g/mol. The molecule has 0 saturated carbocycles. The first-order valence-corrected chi connectivity index (χ1v) is 6.92. The summed E-state index contributed by atoms with van der Waals surface area (Å²) >= 11 is 0. The Kier molecular flexibility index (Phi) is 4.42. The van der Waals surface area contributed by atoms with Gasteiger partial charge in [-0.3, -0.25) is 4.79 Å². The van der Waals surface area contributed by atoms with Gasteiger partial charge in [0, 0.05) is 13.1 Å². The maximum Gasteiger partial charge on any atom is 0.251 e. The van der Waals surface area contributed by atoms with Gasteiger partial charge in [0.2, 0.25) is 0 Å². The molecule has 0 spiro atoms. The van der Waals surface area contributed by atoms with E-state index in [9.17, 15) is 9.90 Å². The quantitative estimate of drug-likeness (QED) is 0.533. The van der Waals surface area contributed by atoms with Crippen LogP contribution in [0.3, 0.4) is 0 Å². The summed E-state index contributed by atoms with van der Waals surface area (Å²) in [7, 11) is 0. The van der Waals surface area contributed by atoms with Gasteiger partial charge in [0.1, 0.15) is 5.60 Å². The Morgan fingerprint density at radius 2 is 2.10 bits per heavy atom. The van der Waals surface area contributed by atoms with Crippen LogP contribution in [0.25, 0.3) is 0 Å². The first-order chi connectivity index (χ1) is 9.50. The fourth-order valence-electron chi connectivity index (χ4n) is 2.32. The molecule has 0 bridgehead atoms. The van der Waals surface area contributed by atoms with Crippen molar-refractivity contribution in [3.05, 3.63) is 35.9 Å². The summed E-state index contributed by atoms with van der Waals surface area (Å²) < 4.78 is 0. The molecule has 0 aromatic heterocycles. The predicted octanol–water partition coefficient (Wildman–Crippen LogP) is 0.125. The van der Waals surface area contributed by atoms with E-state index in [-0.39, 0.29) is 18.7 Å². The lowest BCUT2D eigenvalue weighted by atomic mass is 9.88. The Bertz CT molecular complexity index is 455. The predicted molar refractivity (Wildman–Crippen MR) is 76.1 cm³/mol. The SMILES string of the molecule is C[C@@](O)(CC[C@]1(c2ccccc2)CN1)C(=O)NCCO. The van der Waals surface area contributed by atoms with Crippen LogP contribution in [-0.2, 0) is 10.3 Å². The lowest BCUT2D eigenvalue weighted by molar-refractivity contribution is -0.139. The fourth-order valence-corrected chi connectivity index (χ4v) is 2.32. The van der Waals surface area contributed by atoms with E-state index in [1.807, 2.05) is 18.2 Å². The van der Waals surface area contributed by atoms with Gasteiger partial charge in [-0.05, 0) is 25.3 Å². The van der Waals surface area contributed by atoms with Gasteiger partial charge in [0.05, 0.1) is 12.1 Å². The molecule has 1 saturated heterocycles. The van der Waals surface area contributed by atoms with Crippen molar-refractivity contribution in [2.75, 3.05) is 19.7 Å². The zero-order valence-corrected chi connectivity index (χ0v) is 11.7. The molecule has 5 nitrogen and oxygen atoms in total. The lowest BCUT2D eigenvalue weighted by Crippen LogP contribution is -2.45. The van der Waals surface area contributed by atoms with Crippen molar-refractivity contribution >= 4 is 5.91 Å². The largest absolute Gasteiger partial charge is 0.395 e. The second kappa shape index (κ2) is 5.91. The van der Waals surface area contributed by atoms with Gasteiger partial charge in [-0.1, -0.05) is 30.3 Å². The summed E-state index contributed by atoms with van der Waals surface area (Å²) in [5.41, 5.74) is -0.337. The summed E-state index contributed by atoms with van der Waals surface area (Å²) in [6, 6.07) is 10.1. The maximum absolute atomic E-state index is 11.8. The minimum Gasteiger partial charge on any atom is -0.395 e. The third-order valence-electron chi connectivity index (χ3n) is 3.86. The zero-order chi connectivity index (χ0) is 14.6. The van der Waals surface area contributed by atoms with Crippen LogP contribution in [0.4, 0.5) is 0 Å². The number of hydrogen-bond donors (Lipinski definition) is 4. The van der Waals surface area contributed by atoms with Gasteiger partial charge in [-0.25, -0.2) is 0 Å². The van der Waals surface area contributed by atoms with Gasteiger partial charge >= 0.3 is 0 Å². The number of aliphatic hydroxyl groups excluding tert-OH is 1. The number of amides is 1. The van der Waals surface area contributed by atoms with E-state index in [0.717, 1.165) is 6.54 Å². The van der Waals surface area contributed by atoms with Crippen molar-refractivity contribution in [1.29, 1.82) is 0 Å². The summed E-state index contributed by atoms with van der Waals surface area (Å²) in [4.78, 5) is 11.8. The zero-order valence-electron chi connectivity index (χ0n) is 11.7. The van der Waals surface area contributed by atoms with Crippen molar-refractivity contribution in [2.24, 2.45) is 0 Å². The Labute approximate surface area is 119 Å². The highest BCUT2D eigenvalue weighted by molar-refractivity contribution is 5.84. The summed E-state index contributed by atoms with van der Waals surface area (Å²) in [6.07, 6.45) is 1.06. The van der Waals surface area contributed by atoms with Gasteiger partial charge < -0.3 is 20.8 Å². The van der Waals surface area contributed by atoms with E-state index in [1.54, 1.807) is 0 Å². The van der Waals surface area contributed by atoms with Crippen LogP contribution in [0.5, 0.6) is 0 Å². The van der Waals surface area contributed by atoms with Crippen molar-refractivity contribution in [2.45, 2.75) is 30.9 Å². The van der Waals surface area contributed by atoms with E-state index in [4.69, 9.17) is 5.11 Å². The van der Waals surface area contributed by atoms with Crippen molar-refractivity contribution < 1.29 is 15.0 Å². The molecule has 2 rings (SSSR count). The molecule has 5 heteroatoms. The topological polar surface area (TPSA) is 91.5 Å². The van der Waals surface area contributed by atoms with Crippen molar-refractivity contribution in [1.82, 2.24) is 10.6 Å². The standard InChI is InChI=1S/C15H22N2O3/c1-14(20,13(19)16-9-10-18)7-8-15(11-17-15)12-5-3-2-4-6-12/h2-6,17-18,20H,7-11H2,1H3,(H,16,19)/t14-,15-/m1/s1. The summed E-state index contributed by atoms with van der Waals surface area (Å²) in [5.74, 6) is -0.435. The van der Waals surface area contributed by atoms with Crippen LogP contribution >= 0.6 is 0 Å². The third kappa shape index (κ3) is 3.36. The molecule has 1 aliphatic heterocycles. The fraction of sp³-hybridized carbons (Fsp3) is 0.533. The van der Waals surface area contributed by atoms with Crippen molar-refractivity contribution in [3.8, 4) is 0 Å². The highest BCUT2D eigenvalue weighted by Crippen LogP contribution is 2.37. The van der Waals surface area contributed by atoms with E-state index in [1.165, 1.54) is 12.5 Å². The smallest absolute Gasteiger partial charge is 0.251 e. The van der Waals surface area contributed by atoms with Crippen LogP contribution in [0, 0.1) is 0 Å². The van der Waals surface area contributed by atoms with E-state index in [2.05, 4.69) is 22.8 Å². The molecule has 0 radical (unpaired) electrons. The number of benzene rings is 1. The number of carbonyl (C=O) groups excluding carboxylic acids is 1. The second-order valence-electron chi connectivity index (χ2n) is 5.56. The van der Waals surface area contributed by atoms with E-state index >= 15 is 0 Å². The van der Waals surface area contributed by atoms with Crippen molar-refractivity contribution in [3.63, 3.8) is 0 Å². The van der Waals surface area contributed by atoms with Crippen LogP contribution in [-0.4, -0.2) is 41.4 Å². The molecule has 20 heavy (non-hydrogen) atoms. The molecule has 1 fully saturated rings. The van der Waals surface area contributed by atoms with Gasteiger partial charge in [0.15, 0.2) is 0 Å². The molecule has 0 aliphatic carbocycles. The van der Waals surface area contributed by atoms with Crippen LogP contribution in [0.1, 0.15) is 25.3 Å². The molecule has 1 aromatic rings. The van der Waals surface area contributed by atoms with E-state index < -0.39 is 11.5 Å². The number of nitrogens with one attached hydrogen (secondary N) is 2.